The van der Waals surface area contributed by atoms with E-state index < -0.39 is 0 Å². The third-order valence-corrected chi connectivity index (χ3v) is 6.38. The molecule has 0 atom stereocenters. The van der Waals surface area contributed by atoms with Crippen LogP contribution >= 0.6 is 23.4 Å². The maximum Gasteiger partial charge on any atom is 0.293 e. The molecular formula is C25H22ClNO5S. The lowest BCUT2D eigenvalue weighted by molar-refractivity contribution is -0.123. The molecule has 1 heterocycles. The number of imide groups is 1. The molecule has 4 rings (SSSR count). The van der Waals surface area contributed by atoms with E-state index in [9.17, 15) is 9.59 Å². The van der Waals surface area contributed by atoms with Crippen molar-refractivity contribution >= 4 is 51.4 Å². The lowest BCUT2D eigenvalue weighted by Gasteiger charge is -2.14. The van der Waals surface area contributed by atoms with Crippen molar-refractivity contribution in [1.82, 2.24) is 4.90 Å². The Bertz CT molecular complexity index is 1240. The Morgan fingerprint density at radius 2 is 1.85 bits per heavy atom. The summed E-state index contributed by atoms with van der Waals surface area (Å²) in [7, 11) is 3.05. The van der Waals surface area contributed by atoms with Crippen LogP contribution in [0.2, 0.25) is 5.02 Å². The molecule has 1 aliphatic rings. The number of carbonyl (C=O) groups is 2. The zero-order valence-electron chi connectivity index (χ0n) is 18.2. The van der Waals surface area contributed by atoms with E-state index in [1.54, 1.807) is 18.2 Å². The Labute approximate surface area is 201 Å². The second-order valence-electron chi connectivity index (χ2n) is 7.29. The van der Waals surface area contributed by atoms with Crippen LogP contribution in [0.1, 0.15) is 11.1 Å². The Morgan fingerprint density at radius 3 is 2.64 bits per heavy atom. The van der Waals surface area contributed by atoms with E-state index in [-0.39, 0.29) is 24.3 Å². The summed E-state index contributed by atoms with van der Waals surface area (Å²) in [5.74, 6) is 0.499. The fourth-order valence-electron chi connectivity index (χ4n) is 3.56. The lowest BCUT2D eigenvalue weighted by atomic mass is 10.1. The van der Waals surface area contributed by atoms with Crippen LogP contribution in [0, 0.1) is 0 Å². The summed E-state index contributed by atoms with van der Waals surface area (Å²) in [4.78, 5) is 26.2. The van der Waals surface area contributed by atoms with Gasteiger partial charge in [-0.15, -0.1) is 0 Å². The predicted molar refractivity (Wildman–Crippen MR) is 131 cm³/mol. The van der Waals surface area contributed by atoms with Gasteiger partial charge in [-0.1, -0.05) is 54.1 Å². The Balaban J connectivity index is 1.57. The summed E-state index contributed by atoms with van der Waals surface area (Å²) in [6.45, 7) is 0.812. The molecule has 1 aliphatic heterocycles. The van der Waals surface area contributed by atoms with Crippen LogP contribution in [0.4, 0.5) is 4.79 Å². The zero-order valence-corrected chi connectivity index (χ0v) is 19.7. The van der Waals surface area contributed by atoms with Gasteiger partial charge >= 0.3 is 0 Å². The van der Waals surface area contributed by atoms with E-state index in [1.807, 2.05) is 24.3 Å². The van der Waals surface area contributed by atoms with Crippen molar-refractivity contribution in [3.8, 4) is 11.5 Å². The molecule has 0 saturated carbocycles. The molecule has 0 radical (unpaired) electrons. The highest BCUT2D eigenvalue weighted by Crippen LogP contribution is 2.39. The van der Waals surface area contributed by atoms with Crippen molar-refractivity contribution < 1.29 is 23.8 Å². The monoisotopic (exact) mass is 483 g/mol. The summed E-state index contributed by atoms with van der Waals surface area (Å²) in [6, 6.07) is 17.6. The highest BCUT2D eigenvalue weighted by molar-refractivity contribution is 8.18. The number of hydrogen-bond donors (Lipinski definition) is 0. The number of rotatable bonds is 8. The summed E-state index contributed by atoms with van der Waals surface area (Å²) in [5, 5.41) is 2.26. The third-order valence-electron chi connectivity index (χ3n) is 5.19. The number of nitrogens with zero attached hydrogens (tertiary/aromatic N) is 1. The molecule has 3 aromatic carbocycles. The van der Waals surface area contributed by atoms with Crippen molar-refractivity contribution in [2.24, 2.45) is 0 Å². The van der Waals surface area contributed by atoms with Gasteiger partial charge in [0.25, 0.3) is 11.1 Å². The van der Waals surface area contributed by atoms with Crippen LogP contribution in [0.15, 0.2) is 59.5 Å². The largest absolute Gasteiger partial charge is 0.493 e. The van der Waals surface area contributed by atoms with E-state index in [1.165, 1.54) is 19.1 Å². The molecule has 0 N–H and O–H groups in total. The Hall–Kier alpha value is -3.00. The fraction of sp³-hybridized carbons (Fsp3) is 0.200. The Kier molecular flexibility index (Phi) is 7.23. The summed E-state index contributed by atoms with van der Waals surface area (Å²) < 4.78 is 16.5. The molecule has 0 unspecified atom stereocenters. The van der Waals surface area contributed by atoms with Gasteiger partial charge in [0.05, 0.1) is 30.2 Å². The quantitative estimate of drug-likeness (QED) is 0.379. The number of carbonyl (C=O) groups excluding carboxylic acids is 2. The van der Waals surface area contributed by atoms with Crippen LogP contribution in [0.25, 0.3) is 16.8 Å². The molecule has 0 bridgehead atoms. The minimum atomic E-state index is -0.353. The number of benzene rings is 3. The third kappa shape index (κ3) is 5.00. The number of hydrogen-bond acceptors (Lipinski definition) is 6. The second kappa shape index (κ2) is 10.3. The van der Waals surface area contributed by atoms with Crippen LogP contribution in [-0.2, 0) is 16.1 Å². The SMILES string of the molecule is COCCN1C(=O)S/C(=C/c2cc(Cl)c(OCc3cccc4ccccc34)c(OC)c2)C1=O. The number of fused-ring (bicyclic) bond motifs is 1. The van der Waals surface area contributed by atoms with Gasteiger partial charge in [-0.05, 0) is 51.9 Å². The van der Waals surface area contributed by atoms with E-state index in [0.717, 1.165) is 28.1 Å². The molecule has 1 saturated heterocycles. The van der Waals surface area contributed by atoms with Crippen molar-refractivity contribution in [3.05, 3.63) is 75.7 Å². The molecule has 3 aromatic rings. The normalized spacial score (nSPS) is 15.0. The molecule has 33 heavy (non-hydrogen) atoms. The molecular weight excluding hydrogens is 462 g/mol. The van der Waals surface area contributed by atoms with Gasteiger partial charge in [-0.2, -0.15) is 0 Å². The number of ether oxygens (including phenoxy) is 3. The number of amides is 2. The van der Waals surface area contributed by atoms with Gasteiger partial charge in [0.2, 0.25) is 0 Å². The first-order valence-corrected chi connectivity index (χ1v) is 11.4. The van der Waals surface area contributed by atoms with E-state index >= 15 is 0 Å². The molecule has 8 heteroatoms. The first-order chi connectivity index (χ1) is 16.0. The maximum absolute atomic E-state index is 12.6. The van der Waals surface area contributed by atoms with E-state index in [4.69, 9.17) is 25.8 Å². The Morgan fingerprint density at radius 1 is 1.06 bits per heavy atom. The first kappa shape index (κ1) is 23.2. The van der Waals surface area contributed by atoms with Gasteiger partial charge in [-0.3, -0.25) is 14.5 Å². The topological polar surface area (TPSA) is 65.1 Å². The molecule has 6 nitrogen and oxygen atoms in total. The average molecular weight is 484 g/mol. The summed E-state index contributed by atoms with van der Waals surface area (Å²) >= 11 is 7.41. The van der Waals surface area contributed by atoms with Crippen LogP contribution < -0.4 is 9.47 Å². The van der Waals surface area contributed by atoms with Gasteiger partial charge in [0.15, 0.2) is 11.5 Å². The second-order valence-corrected chi connectivity index (χ2v) is 8.69. The van der Waals surface area contributed by atoms with Gasteiger partial charge in [-0.25, -0.2) is 0 Å². The van der Waals surface area contributed by atoms with Crippen molar-refractivity contribution in [3.63, 3.8) is 0 Å². The van der Waals surface area contributed by atoms with Gasteiger partial charge in [0.1, 0.15) is 6.61 Å². The molecule has 0 spiro atoms. The summed E-state index contributed by atoms with van der Waals surface area (Å²) in [6.07, 6.45) is 1.63. The molecule has 170 valence electrons. The first-order valence-electron chi connectivity index (χ1n) is 10.2. The number of thioether (sulfide) groups is 1. The van der Waals surface area contributed by atoms with E-state index in [2.05, 4.69) is 18.2 Å². The average Bonchev–Trinajstić information content (AvgIpc) is 3.08. The predicted octanol–water partition coefficient (Wildman–Crippen LogP) is 5.76. The van der Waals surface area contributed by atoms with Crippen molar-refractivity contribution in [2.75, 3.05) is 27.4 Å². The van der Waals surface area contributed by atoms with Gasteiger partial charge in [0, 0.05) is 7.11 Å². The smallest absolute Gasteiger partial charge is 0.293 e. The highest BCUT2D eigenvalue weighted by Gasteiger charge is 2.34. The van der Waals surface area contributed by atoms with E-state index in [0.29, 0.717) is 33.6 Å². The molecule has 2 amide bonds. The van der Waals surface area contributed by atoms with Crippen LogP contribution in [0.3, 0.4) is 0 Å². The van der Waals surface area contributed by atoms with Crippen LogP contribution in [-0.4, -0.2) is 43.4 Å². The number of methoxy groups -OCH3 is 2. The number of halogens is 1. The molecule has 1 fully saturated rings. The van der Waals surface area contributed by atoms with Gasteiger partial charge < -0.3 is 14.2 Å². The maximum atomic E-state index is 12.6. The fourth-order valence-corrected chi connectivity index (χ4v) is 4.70. The molecule has 0 aromatic heterocycles. The highest BCUT2D eigenvalue weighted by atomic mass is 35.5. The minimum Gasteiger partial charge on any atom is -0.493 e. The summed E-state index contributed by atoms with van der Waals surface area (Å²) in [5.41, 5.74) is 1.66. The molecule has 0 aliphatic carbocycles. The van der Waals surface area contributed by atoms with Crippen molar-refractivity contribution in [2.45, 2.75) is 6.61 Å². The lowest BCUT2D eigenvalue weighted by Crippen LogP contribution is -2.31. The minimum absolute atomic E-state index is 0.212. The van der Waals surface area contributed by atoms with Crippen molar-refractivity contribution in [1.29, 1.82) is 0 Å². The zero-order chi connectivity index (χ0) is 23.4. The van der Waals surface area contributed by atoms with Crippen LogP contribution in [0.5, 0.6) is 11.5 Å². The standard InChI is InChI=1S/C25H22ClNO5S/c1-30-11-10-27-24(28)22(33-25(27)29)14-16-12-20(26)23(21(13-16)31-2)32-15-18-8-5-7-17-6-3-4-9-19(17)18/h3-9,12-14H,10-11,15H2,1-2H3/b22-14+.